The Morgan fingerprint density at radius 3 is 2.56 bits per heavy atom. The van der Waals surface area contributed by atoms with E-state index in [9.17, 15) is 14.4 Å². The summed E-state index contributed by atoms with van der Waals surface area (Å²) in [5.74, 6) is -2.21. The Balaban J connectivity index is 1.48. The van der Waals surface area contributed by atoms with Crippen molar-refractivity contribution in [2.24, 2.45) is 0 Å². The van der Waals surface area contributed by atoms with Crippen LogP contribution in [0.1, 0.15) is 18.4 Å². The van der Waals surface area contributed by atoms with Gasteiger partial charge in [0.1, 0.15) is 0 Å². The van der Waals surface area contributed by atoms with Crippen molar-refractivity contribution in [3.8, 4) is 5.69 Å². The van der Waals surface area contributed by atoms with Crippen LogP contribution < -0.4 is 16.2 Å². The number of rotatable bonds is 4. The fraction of sp³-hybridized carbons (Fsp3) is 0.176. The monoisotopic (exact) mass is 339 g/mol. The third-order valence-corrected chi connectivity index (χ3v) is 3.47. The molecule has 0 bridgehead atoms. The molecule has 0 aliphatic heterocycles. The molecule has 0 atom stereocenters. The zero-order valence-electron chi connectivity index (χ0n) is 13.3. The number of para-hydroxylation sites is 1. The van der Waals surface area contributed by atoms with Crippen molar-refractivity contribution in [3.63, 3.8) is 0 Å². The summed E-state index contributed by atoms with van der Waals surface area (Å²) in [5.41, 5.74) is 5.84. The zero-order chi connectivity index (χ0) is 17.6. The minimum atomic E-state index is -0.898. The maximum Gasteiger partial charge on any atom is 0.327 e. The lowest BCUT2D eigenvalue weighted by molar-refractivity contribution is -0.140. The highest BCUT2D eigenvalue weighted by atomic mass is 16.2. The zero-order valence-corrected chi connectivity index (χ0v) is 13.3. The van der Waals surface area contributed by atoms with Crippen molar-refractivity contribution in [3.05, 3.63) is 54.4 Å². The molecule has 1 aliphatic rings. The van der Waals surface area contributed by atoms with E-state index in [2.05, 4.69) is 21.3 Å². The Hall–Kier alpha value is -3.42. The van der Waals surface area contributed by atoms with E-state index in [0.717, 1.165) is 24.1 Å². The van der Waals surface area contributed by atoms with Gasteiger partial charge < -0.3 is 5.32 Å². The van der Waals surface area contributed by atoms with Crippen LogP contribution in [0.4, 0.5) is 0 Å². The normalized spacial score (nSPS) is 13.4. The van der Waals surface area contributed by atoms with Crippen LogP contribution in [-0.4, -0.2) is 33.5 Å². The molecule has 1 aromatic carbocycles. The summed E-state index contributed by atoms with van der Waals surface area (Å²) in [6, 6.07) is 9.63. The molecule has 25 heavy (non-hydrogen) atoms. The predicted octanol–water partition coefficient (Wildman–Crippen LogP) is 0.311. The van der Waals surface area contributed by atoms with Gasteiger partial charge in [-0.2, -0.15) is 5.10 Å². The maximum atomic E-state index is 11.7. The van der Waals surface area contributed by atoms with Gasteiger partial charge in [-0.15, -0.1) is 0 Å². The number of amides is 3. The average molecular weight is 339 g/mol. The van der Waals surface area contributed by atoms with Gasteiger partial charge in [-0.05, 0) is 31.1 Å². The molecule has 8 heteroatoms. The lowest BCUT2D eigenvalue weighted by Crippen LogP contribution is -2.48. The van der Waals surface area contributed by atoms with E-state index in [1.54, 1.807) is 23.2 Å². The van der Waals surface area contributed by atoms with Crippen LogP contribution >= 0.6 is 0 Å². The van der Waals surface area contributed by atoms with Gasteiger partial charge in [0.2, 0.25) is 0 Å². The first-order valence-electron chi connectivity index (χ1n) is 7.81. The first kappa shape index (κ1) is 16.4. The fourth-order valence-electron chi connectivity index (χ4n) is 2.01. The first-order valence-corrected chi connectivity index (χ1v) is 7.81. The van der Waals surface area contributed by atoms with E-state index >= 15 is 0 Å². The van der Waals surface area contributed by atoms with Gasteiger partial charge in [-0.25, -0.2) is 4.68 Å². The van der Waals surface area contributed by atoms with Crippen molar-refractivity contribution >= 4 is 23.8 Å². The number of hydrogen-bond donors (Lipinski definition) is 3. The van der Waals surface area contributed by atoms with Gasteiger partial charge in [0.25, 0.3) is 5.91 Å². The number of carbonyl (C=O) groups is 3. The number of nitrogens with one attached hydrogen (secondary N) is 3. The Kier molecular flexibility index (Phi) is 4.89. The second-order valence-corrected chi connectivity index (χ2v) is 5.58. The summed E-state index contributed by atoms with van der Waals surface area (Å²) >= 11 is 0. The molecule has 0 radical (unpaired) electrons. The summed E-state index contributed by atoms with van der Waals surface area (Å²) in [5, 5.41) is 6.73. The molecule has 0 saturated heterocycles. The van der Waals surface area contributed by atoms with Crippen LogP contribution in [0.2, 0.25) is 0 Å². The third kappa shape index (κ3) is 4.77. The molecule has 3 N–H and O–H groups in total. The highest BCUT2D eigenvalue weighted by Crippen LogP contribution is 2.18. The van der Waals surface area contributed by atoms with Crippen molar-refractivity contribution in [2.75, 3.05) is 0 Å². The number of hydrogen-bond acceptors (Lipinski definition) is 4. The minimum Gasteiger partial charge on any atom is -0.345 e. The second-order valence-electron chi connectivity index (χ2n) is 5.58. The molecule has 0 unspecified atom stereocenters. The fourth-order valence-corrected chi connectivity index (χ4v) is 2.01. The van der Waals surface area contributed by atoms with Crippen molar-refractivity contribution < 1.29 is 14.4 Å². The van der Waals surface area contributed by atoms with Crippen molar-refractivity contribution in [1.29, 1.82) is 0 Å². The molecule has 1 aliphatic carbocycles. The molecule has 2 aromatic rings. The molecule has 3 amide bonds. The number of carbonyl (C=O) groups excluding carboxylic acids is 3. The van der Waals surface area contributed by atoms with E-state index < -0.39 is 17.7 Å². The predicted molar refractivity (Wildman–Crippen MR) is 90.0 cm³/mol. The molecule has 1 fully saturated rings. The van der Waals surface area contributed by atoms with Gasteiger partial charge in [-0.3, -0.25) is 25.2 Å². The number of benzene rings is 1. The van der Waals surface area contributed by atoms with Gasteiger partial charge >= 0.3 is 11.8 Å². The maximum absolute atomic E-state index is 11.7. The summed E-state index contributed by atoms with van der Waals surface area (Å²) in [7, 11) is 0. The van der Waals surface area contributed by atoms with Gasteiger partial charge in [0.15, 0.2) is 0 Å². The minimum absolute atomic E-state index is 0.0787. The molecule has 128 valence electrons. The standard InChI is InChI=1S/C17H17N5O3/c23-15(20-21-17(25)16(24)19-13-7-8-13)9-6-12-10-18-22(11-12)14-4-2-1-3-5-14/h1-6,9-11,13H,7-8H2,(H,19,24)(H,20,23)(H,21,25)/b9-6+. The van der Waals surface area contributed by atoms with Crippen LogP contribution in [0, 0.1) is 0 Å². The Bertz CT molecular complexity index is 809. The molecule has 3 rings (SSSR count). The highest BCUT2D eigenvalue weighted by Gasteiger charge is 2.26. The van der Waals surface area contributed by atoms with Crippen LogP contribution in [0.15, 0.2) is 48.8 Å². The van der Waals surface area contributed by atoms with Crippen molar-refractivity contribution in [1.82, 2.24) is 25.9 Å². The Labute approximate surface area is 143 Å². The van der Waals surface area contributed by atoms with Crippen LogP contribution in [-0.2, 0) is 14.4 Å². The molecule has 1 heterocycles. The van der Waals surface area contributed by atoms with E-state index in [4.69, 9.17) is 0 Å². The quantitative estimate of drug-likeness (QED) is 0.423. The number of nitrogens with zero attached hydrogens (tertiary/aromatic N) is 2. The Morgan fingerprint density at radius 2 is 1.84 bits per heavy atom. The van der Waals surface area contributed by atoms with Crippen molar-refractivity contribution in [2.45, 2.75) is 18.9 Å². The van der Waals surface area contributed by atoms with Gasteiger partial charge in [-0.1, -0.05) is 18.2 Å². The van der Waals surface area contributed by atoms with E-state index in [1.165, 1.54) is 6.08 Å². The Morgan fingerprint density at radius 1 is 1.08 bits per heavy atom. The first-order chi connectivity index (χ1) is 12.1. The number of aromatic nitrogens is 2. The van der Waals surface area contributed by atoms with Crippen LogP contribution in [0.3, 0.4) is 0 Å². The van der Waals surface area contributed by atoms with Crippen LogP contribution in [0.5, 0.6) is 0 Å². The summed E-state index contributed by atoms with van der Waals surface area (Å²) in [4.78, 5) is 34.6. The summed E-state index contributed by atoms with van der Waals surface area (Å²) in [6.07, 6.45) is 7.93. The molecular formula is C17H17N5O3. The molecule has 1 aromatic heterocycles. The number of hydrazine groups is 1. The SMILES string of the molecule is O=C(/C=C/c1cnn(-c2ccccc2)c1)NNC(=O)C(=O)NC1CC1. The molecule has 1 saturated carbocycles. The molecule has 8 nitrogen and oxygen atoms in total. The summed E-state index contributed by atoms with van der Waals surface area (Å²) < 4.78 is 1.68. The van der Waals surface area contributed by atoms with E-state index in [-0.39, 0.29) is 6.04 Å². The second kappa shape index (κ2) is 7.43. The lowest BCUT2D eigenvalue weighted by Gasteiger charge is -2.05. The summed E-state index contributed by atoms with van der Waals surface area (Å²) in [6.45, 7) is 0. The molecular weight excluding hydrogens is 322 g/mol. The van der Waals surface area contributed by atoms with Gasteiger partial charge in [0, 0.05) is 23.9 Å². The largest absolute Gasteiger partial charge is 0.345 e. The smallest absolute Gasteiger partial charge is 0.327 e. The lowest BCUT2D eigenvalue weighted by atomic mass is 10.3. The van der Waals surface area contributed by atoms with Crippen LogP contribution in [0.25, 0.3) is 11.8 Å². The third-order valence-electron chi connectivity index (χ3n) is 3.47. The van der Waals surface area contributed by atoms with E-state index in [0.29, 0.717) is 0 Å². The molecule has 0 spiro atoms. The van der Waals surface area contributed by atoms with Gasteiger partial charge in [0.05, 0.1) is 11.9 Å². The van der Waals surface area contributed by atoms with E-state index in [1.807, 2.05) is 30.3 Å². The highest BCUT2D eigenvalue weighted by molar-refractivity contribution is 6.35. The topological polar surface area (TPSA) is 105 Å². The average Bonchev–Trinajstić information content (AvgIpc) is 3.32.